The second-order valence-corrected chi connectivity index (χ2v) is 6.40. The summed E-state index contributed by atoms with van der Waals surface area (Å²) in [6.07, 6.45) is 14.4. The number of allylic oxidation sites excluding steroid dienone is 3. The predicted octanol–water partition coefficient (Wildman–Crippen LogP) is 2.58. The second-order valence-electron chi connectivity index (χ2n) is 6.40. The van der Waals surface area contributed by atoms with Crippen LogP contribution >= 0.6 is 0 Å². The number of carbonyl (C=O) groups excluding carboxylic acids is 1. The van der Waals surface area contributed by atoms with Gasteiger partial charge >= 0.3 is 5.97 Å². The van der Waals surface area contributed by atoms with Crippen LogP contribution in [-0.4, -0.2) is 24.2 Å². The number of nitrogens with one attached hydrogen (secondary N) is 1. The molecule has 0 bridgehead atoms. The van der Waals surface area contributed by atoms with Gasteiger partial charge in [-0.05, 0) is 31.6 Å². The van der Waals surface area contributed by atoms with Gasteiger partial charge in [-0.3, -0.25) is 10.1 Å². The molecule has 0 amide bonds. The van der Waals surface area contributed by atoms with E-state index in [0.717, 1.165) is 12.8 Å². The van der Waals surface area contributed by atoms with Crippen LogP contribution < -0.4 is 5.32 Å². The van der Waals surface area contributed by atoms with Gasteiger partial charge in [0.1, 0.15) is 12.1 Å². The highest BCUT2D eigenvalue weighted by molar-refractivity contribution is 5.81. The van der Waals surface area contributed by atoms with Crippen LogP contribution in [0.2, 0.25) is 0 Å². The van der Waals surface area contributed by atoms with Crippen LogP contribution in [0, 0.1) is 11.8 Å². The molecule has 0 aromatic heterocycles. The Kier molecular flexibility index (Phi) is 3.48. The van der Waals surface area contributed by atoms with Crippen LogP contribution in [0.15, 0.2) is 24.3 Å². The van der Waals surface area contributed by atoms with Crippen molar-refractivity contribution in [2.45, 2.75) is 50.6 Å². The molecule has 104 valence electrons. The first-order chi connectivity index (χ1) is 9.17. The van der Waals surface area contributed by atoms with Crippen molar-refractivity contribution in [1.29, 1.82) is 0 Å². The molecule has 19 heavy (non-hydrogen) atoms. The molecule has 3 atom stereocenters. The largest absolute Gasteiger partial charge is 0.463 e. The minimum Gasteiger partial charge on any atom is -0.463 e. The zero-order valence-electron chi connectivity index (χ0n) is 11.6. The van der Waals surface area contributed by atoms with Crippen LogP contribution in [0.1, 0.15) is 39.0 Å². The van der Waals surface area contributed by atoms with Gasteiger partial charge in [-0.25, -0.2) is 0 Å². The summed E-state index contributed by atoms with van der Waals surface area (Å²) in [6, 6.07) is 0.254. The van der Waals surface area contributed by atoms with Gasteiger partial charge in [-0.15, -0.1) is 0 Å². The van der Waals surface area contributed by atoms with Crippen LogP contribution in [0.3, 0.4) is 0 Å². The zero-order chi connectivity index (χ0) is 13.3. The van der Waals surface area contributed by atoms with Crippen LogP contribution in [0.4, 0.5) is 0 Å². The van der Waals surface area contributed by atoms with Crippen LogP contribution in [-0.2, 0) is 9.53 Å². The normalized spacial score (nSPS) is 38.9. The molecule has 0 aromatic rings. The highest BCUT2D eigenvalue weighted by Gasteiger charge is 2.44. The molecule has 1 N–H and O–H groups in total. The monoisotopic (exact) mass is 261 g/mol. The van der Waals surface area contributed by atoms with E-state index in [-0.39, 0.29) is 12.0 Å². The molecule has 2 fully saturated rings. The molecule has 3 heteroatoms. The maximum atomic E-state index is 12.1. The Morgan fingerprint density at radius 2 is 2.26 bits per heavy atom. The molecular weight excluding hydrogens is 238 g/mol. The van der Waals surface area contributed by atoms with Crippen molar-refractivity contribution >= 4 is 5.97 Å². The number of carbonyl (C=O) groups is 1. The summed E-state index contributed by atoms with van der Waals surface area (Å²) in [5, 5.41) is 3.59. The van der Waals surface area contributed by atoms with E-state index in [1.807, 2.05) is 6.92 Å². The van der Waals surface area contributed by atoms with E-state index in [4.69, 9.17) is 4.74 Å². The maximum absolute atomic E-state index is 12.1. The first-order valence-corrected chi connectivity index (χ1v) is 7.46. The molecule has 0 spiro atoms. The quantitative estimate of drug-likeness (QED) is 0.794. The van der Waals surface area contributed by atoms with E-state index >= 15 is 0 Å². The van der Waals surface area contributed by atoms with E-state index in [0.29, 0.717) is 18.4 Å². The maximum Gasteiger partial charge on any atom is 0.326 e. The van der Waals surface area contributed by atoms with E-state index in [2.05, 4.69) is 29.6 Å². The van der Waals surface area contributed by atoms with Gasteiger partial charge in [0, 0.05) is 6.04 Å². The third kappa shape index (κ3) is 2.62. The first-order valence-electron chi connectivity index (χ1n) is 7.46. The van der Waals surface area contributed by atoms with E-state index in [9.17, 15) is 4.79 Å². The molecule has 1 saturated heterocycles. The fourth-order valence-electron chi connectivity index (χ4n) is 3.38. The number of rotatable bonds is 3. The molecule has 1 saturated carbocycles. The average Bonchev–Trinajstić information content (AvgIpc) is 2.39. The van der Waals surface area contributed by atoms with E-state index < -0.39 is 5.54 Å². The Morgan fingerprint density at radius 3 is 2.89 bits per heavy atom. The molecule has 1 unspecified atom stereocenters. The second kappa shape index (κ2) is 5.12. The number of ether oxygens (including phenoxy) is 1. The summed E-state index contributed by atoms with van der Waals surface area (Å²) in [4.78, 5) is 12.1. The number of cyclic esters (lactones) is 1. The van der Waals surface area contributed by atoms with Crippen molar-refractivity contribution in [3.63, 3.8) is 0 Å². The zero-order valence-corrected chi connectivity index (χ0v) is 11.6. The lowest BCUT2D eigenvalue weighted by atomic mass is 9.75. The van der Waals surface area contributed by atoms with Gasteiger partial charge in [0.15, 0.2) is 0 Å². The topological polar surface area (TPSA) is 38.3 Å². The Hall–Kier alpha value is -1.09. The summed E-state index contributed by atoms with van der Waals surface area (Å²) in [6.45, 7) is 2.52. The van der Waals surface area contributed by atoms with Gasteiger partial charge in [0.25, 0.3) is 0 Å². The number of morpholine rings is 1. The third-order valence-corrected chi connectivity index (χ3v) is 4.80. The van der Waals surface area contributed by atoms with Gasteiger partial charge < -0.3 is 4.74 Å². The summed E-state index contributed by atoms with van der Waals surface area (Å²) in [7, 11) is 0. The van der Waals surface area contributed by atoms with Gasteiger partial charge in [0.05, 0.1) is 0 Å². The summed E-state index contributed by atoms with van der Waals surface area (Å²) in [5.41, 5.74) is -0.483. The molecule has 3 nitrogen and oxygen atoms in total. The van der Waals surface area contributed by atoms with Crippen molar-refractivity contribution < 1.29 is 9.53 Å². The number of esters is 1. The van der Waals surface area contributed by atoms with Crippen molar-refractivity contribution in [1.82, 2.24) is 5.32 Å². The molecule has 0 radical (unpaired) electrons. The highest BCUT2D eigenvalue weighted by atomic mass is 16.5. The smallest absolute Gasteiger partial charge is 0.326 e. The fourth-order valence-corrected chi connectivity index (χ4v) is 3.38. The summed E-state index contributed by atoms with van der Waals surface area (Å²) >= 11 is 0. The van der Waals surface area contributed by atoms with E-state index in [1.54, 1.807) is 0 Å². The summed E-state index contributed by atoms with van der Waals surface area (Å²) in [5.74, 6) is 1.08. The molecule has 3 aliphatic rings. The lowest BCUT2D eigenvalue weighted by Gasteiger charge is -2.43. The third-order valence-electron chi connectivity index (χ3n) is 4.80. The van der Waals surface area contributed by atoms with Gasteiger partial charge in [-0.1, -0.05) is 43.6 Å². The molecule has 3 rings (SSSR count). The SMILES string of the molecule is C[C@@]1(CC2CCC2)N[C@@H](C2C=CC=CC2)COC1=O. The number of hydrogen-bond acceptors (Lipinski definition) is 3. The van der Waals surface area contributed by atoms with Crippen molar-refractivity contribution in [3.05, 3.63) is 24.3 Å². The molecule has 2 aliphatic carbocycles. The Morgan fingerprint density at radius 1 is 1.42 bits per heavy atom. The molecule has 1 heterocycles. The molecule has 1 aliphatic heterocycles. The summed E-state index contributed by atoms with van der Waals surface area (Å²) < 4.78 is 5.47. The minimum absolute atomic E-state index is 0.0639. The Bertz CT molecular complexity index is 411. The highest BCUT2D eigenvalue weighted by Crippen LogP contribution is 2.36. The van der Waals surface area contributed by atoms with E-state index in [1.165, 1.54) is 19.3 Å². The average molecular weight is 261 g/mol. The lowest BCUT2D eigenvalue weighted by molar-refractivity contribution is -0.160. The van der Waals surface area contributed by atoms with Crippen LogP contribution in [0.25, 0.3) is 0 Å². The Labute approximate surface area is 115 Å². The minimum atomic E-state index is -0.483. The van der Waals surface area contributed by atoms with Crippen LogP contribution in [0.5, 0.6) is 0 Å². The van der Waals surface area contributed by atoms with Gasteiger partial charge in [0.2, 0.25) is 0 Å². The Balaban J connectivity index is 1.67. The predicted molar refractivity (Wildman–Crippen MR) is 74.6 cm³/mol. The lowest BCUT2D eigenvalue weighted by Crippen LogP contribution is -2.63. The fraction of sp³-hybridized carbons (Fsp3) is 0.688. The standard InChI is InChI=1S/C16H23NO2/c1-16(10-12-6-5-7-12)15(18)19-11-14(17-16)13-8-3-2-4-9-13/h2-4,8,12-14,17H,5-7,9-11H2,1H3/t13?,14-,16+/m1/s1. The van der Waals surface area contributed by atoms with Crippen molar-refractivity contribution in [2.24, 2.45) is 11.8 Å². The van der Waals surface area contributed by atoms with Gasteiger partial charge in [-0.2, -0.15) is 0 Å². The van der Waals surface area contributed by atoms with Crippen molar-refractivity contribution in [2.75, 3.05) is 6.61 Å². The molecule has 0 aromatic carbocycles. The van der Waals surface area contributed by atoms with Crippen molar-refractivity contribution in [3.8, 4) is 0 Å². The molecular formula is C16H23NO2. The first kappa shape index (κ1) is 12.9. The number of hydrogen-bond donors (Lipinski definition) is 1.